The third-order valence-corrected chi connectivity index (χ3v) is 5.13. The molecule has 1 aliphatic rings. The number of nitrogens with one attached hydrogen (secondary N) is 1. The van der Waals surface area contributed by atoms with Crippen LogP contribution in [0, 0.1) is 13.8 Å². The van der Waals surface area contributed by atoms with E-state index in [4.69, 9.17) is 10.5 Å². The summed E-state index contributed by atoms with van der Waals surface area (Å²) in [4.78, 5) is 0.186. The van der Waals surface area contributed by atoms with Gasteiger partial charge < -0.3 is 10.5 Å². The summed E-state index contributed by atoms with van der Waals surface area (Å²) >= 11 is 0. The van der Waals surface area contributed by atoms with Gasteiger partial charge in [-0.25, -0.2) is 13.1 Å². The molecule has 0 bridgehead atoms. The largest absolute Gasteiger partial charge is 0.398 e. The molecule has 1 aromatic carbocycles. The Hall–Kier alpha value is -1.11. The highest BCUT2D eigenvalue weighted by Crippen LogP contribution is 2.25. The first-order chi connectivity index (χ1) is 8.92. The van der Waals surface area contributed by atoms with Crippen LogP contribution in [0.3, 0.4) is 0 Å². The summed E-state index contributed by atoms with van der Waals surface area (Å²) in [5.74, 6) is 0. The minimum Gasteiger partial charge on any atom is -0.398 e. The number of benzene rings is 1. The van der Waals surface area contributed by atoms with Gasteiger partial charge in [0.2, 0.25) is 10.0 Å². The van der Waals surface area contributed by atoms with Gasteiger partial charge in [-0.05, 0) is 43.9 Å². The first-order valence-electron chi connectivity index (χ1n) is 6.39. The average molecular weight is 284 g/mol. The fourth-order valence-electron chi connectivity index (χ4n) is 2.25. The summed E-state index contributed by atoms with van der Waals surface area (Å²) in [6, 6.07) is 3.45. The molecule has 1 saturated heterocycles. The minimum absolute atomic E-state index is 0.0267. The Morgan fingerprint density at radius 1 is 1.42 bits per heavy atom. The molecule has 2 rings (SSSR count). The van der Waals surface area contributed by atoms with Crippen molar-refractivity contribution in [3.8, 4) is 0 Å². The van der Waals surface area contributed by atoms with E-state index in [1.54, 1.807) is 13.0 Å². The lowest BCUT2D eigenvalue weighted by molar-refractivity contribution is 0.114. The lowest BCUT2D eigenvalue weighted by Crippen LogP contribution is -2.32. The van der Waals surface area contributed by atoms with Gasteiger partial charge in [0.25, 0.3) is 0 Å². The number of nitrogen functional groups attached to an aromatic ring is 1. The van der Waals surface area contributed by atoms with Crippen LogP contribution < -0.4 is 10.5 Å². The maximum Gasteiger partial charge on any atom is 0.242 e. The topological polar surface area (TPSA) is 81.4 Å². The monoisotopic (exact) mass is 284 g/mol. The van der Waals surface area contributed by atoms with Crippen molar-refractivity contribution in [1.29, 1.82) is 0 Å². The van der Waals surface area contributed by atoms with Crippen LogP contribution in [-0.2, 0) is 14.8 Å². The van der Waals surface area contributed by atoms with Gasteiger partial charge in [0.1, 0.15) is 4.90 Å². The third kappa shape index (κ3) is 3.08. The zero-order valence-electron chi connectivity index (χ0n) is 11.3. The van der Waals surface area contributed by atoms with E-state index in [0.29, 0.717) is 18.7 Å². The molecule has 1 unspecified atom stereocenters. The van der Waals surface area contributed by atoms with E-state index in [1.807, 2.05) is 13.0 Å². The molecule has 0 aliphatic carbocycles. The zero-order chi connectivity index (χ0) is 14.0. The number of aryl methyl sites for hydroxylation is 1. The van der Waals surface area contributed by atoms with E-state index in [2.05, 4.69) is 4.72 Å². The Labute approximate surface area is 114 Å². The highest BCUT2D eigenvalue weighted by atomic mass is 32.2. The first-order valence-corrected chi connectivity index (χ1v) is 7.87. The second kappa shape index (κ2) is 5.48. The predicted octanol–water partition coefficient (Wildman–Crippen LogP) is 1.34. The van der Waals surface area contributed by atoms with Gasteiger partial charge in [-0.15, -0.1) is 0 Å². The molecule has 106 valence electrons. The SMILES string of the molecule is Cc1ccc(N)c(S(=O)(=O)NCC2CCCO2)c1C. The summed E-state index contributed by atoms with van der Waals surface area (Å²) in [7, 11) is -3.59. The van der Waals surface area contributed by atoms with Crippen molar-refractivity contribution in [3.05, 3.63) is 23.3 Å². The molecule has 0 amide bonds. The van der Waals surface area contributed by atoms with Gasteiger partial charge in [0.05, 0.1) is 11.8 Å². The maximum atomic E-state index is 12.3. The van der Waals surface area contributed by atoms with E-state index in [9.17, 15) is 8.42 Å². The lowest BCUT2D eigenvalue weighted by atomic mass is 10.1. The molecule has 6 heteroatoms. The first kappa shape index (κ1) is 14.3. The summed E-state index contributed by atoms with van der Waals surface area (Å²) in [5.41, 5.74) is 7.69. The van der Waals surface area contributed by atoms with Gasteiger partial charge in [0.15, 0.2) is 0 Å². The Morgan fingerprint density at radius 2 is 2.16 bits per heavy atom. The van der Waals surface area contributed by atoms with Crippen LogP contribution in [0.25, 0.3) is 0 Å². The third-order valence-electron chi connectivity index (χ3n) is 3.50. The molecule has 1 atom stereocenters. The summed E-state index contributed by atoms with van der Waals surface area (Å²) < 4.78 is 32.7. The van der Waals surface area contributed by atoms with Crippen molar-refractivity contribution in [2.45, 2.75) is 37.7 Å². The van der Waals surface area contributed by atoms with Gasteiger partial charge >= 0.3 is 0 Å². The standard InChI is InChI=1S/C13H20N2O3S/c1-9-5-6-12(14)13(10(9)2)19(16,17)15-8-11-4-3-7-18-11/h5-6,11,15H,3-4,7-8,14H2,1-2H3. The molecular weight excluding hydrogens is 264 g/mol. The summed E-state index contributed by atoms with van der Waals surface area (Å²) in [6.45, 7) is 4.65. The highest BCUT2D eigenvalue weighted by molar-refractivity contribution is 7.89. The Kier molecular flexibility index (Phi) is 4.13. The molecule has 1 fully saturated rings. The van der Waals surface area contributed by atoms with Gasteiger partial charge in [-0.3, -0.25) is 0 Å². The van der Waals surface area contributed by atoms with E-state index in [1.165, 1.54) is 0 Å². The molecule has 1 heterocycles. The molecule has 3 N–H and O–H groups in total. The number of sulfonamides is 1. The number of ether oxygens (including phenoxy) is 1. The fourth-order valence-corrected chi connectivity index (χ4v) is 3.74. The second-order valence-corrected chi connectivity index (χ2v) is 6.62. The summed E-state index contributed by atoms with van der Waals surface area (Å²) in [5, 5.41) is 0. The number of nitrogens with two attached hydrogens (primary N) is 1. The van der Waals surface area contributed by atoms with Gasteiger partial charge in [-0.1, -0.05) is 6.07 Å². The molecule has 0 saturated carbocycles. The fraction of sp³-hybridized carbons (Fsp3) is 0.538. The normalized spacial score (nSPS) is 19.8. The van der Waals surface area contributed by atoms with Crippen molar-refractivity contribution in [2.24, 2.45) is 0 Å². The van der Waals surface area contributed by atoms with Crippen molar-refractivity contribution >= 4 is 15.7 Å². The highest BCUT2D eigenvalue weighted by Gasteiger charge is 2.23. The average Bonchev–Trinajstić information content (AvgIpc) is 2.85. The molecule has 1 aromatic rings. The number of rotatable bonds is 4. The van der Waals surface area contributed by atoms with E-state index in [-0.39, 0.29) is 16.7 Å². The van der Waals surface area contributed by atoms with Gasteiger partial charge in [0, 0.05) is 13.2 Å². The van der Waals surface area contributed by atoms with Crippen molar-refractivity contribution in [1.82, 2.24) is 4.72 Å². The van der Waals surface area contributed by atoms with Crippen molar-refractivity contribution in [3.63, 3.8) is 0 Å². The number of hydrogen-bond acceptors (Lipinski definition) is 4. The van der Waals surface area contributed by atoms with Crippen LogP contribution >= 0.6 is 0 Å². The molecule has 5 nitrogen and oxygen atoms in total. The molecular formula is C13H20N2O3S. The lowest BCUT2D eigenvalue weighted by Gasteiger charge is -2.15. The number of anilines is 1. The van der Waals surface area contributed by atoms with Crippen LogP contribution in [0.15, 0.2) is 17.0 Å². The molecule has 0 radical (unpaired) electrons. The molecule has 0 aromatic heterocycles. The maximum absolute atomic E-state index is 12.3. The molecule has 0 spiro atoms. The number of hydrogen-bond donors (Lipinski definition) is 2. The van der Waals surface area contributed by atoms with Crippen LogP contribution in [0.5, 0.6) is 0 Å². The quantitative estimate of drug-likeness (QED) is 0.818. The van der Waals surface area contributed by atoms with Gasteiger partial charge in [-0.2, -0.15) is 0 Å². The minimum atomic E-state index is -3.59. The Bertz CT molecular complexity index is 563. The van der Waals surface area contributed by atoms with E-state index >= 15 is 0 Å². The van der Waals surface area contributed by atoms with Crippen LogP contribution in [-0.4, -0.2) is 27.7 Å². The molecule has 19 heavy (non-hydrogen) atoms. The summed E-state index contributed by atoms with van der Waals surface area (Å²) in [6.07, 6.45) is 1.85. The van der Waals surface area contributed by atoms with E-state index in [0.717, 1.165) is 18.4 Å². The van der Waals surface area contributed by atoms with Crippen LogP contribution in [0.2, 0.25) is 0 Å². The predicted molar refractivity (Wildman–Crippen MR) is 74.5 cm³/mol. The van der Waals surface area contributed by atoms with Crippen LogP contribution in [0.4, 0.5) is 5.69 Å². The Balaban J connectivity index is 2.21. The van der Waals surface area contributed by atoms with Crippen LogP contribution in [0.1, 0.15) is 24.0 Å². The smallest absolute Gasteiger partial charge is 0.242 e. The van der Waals surface area contributed by atoms with Crippen molar-refractivity contribution < 1.29 is 13.2 Å². The molecule has 1 aliphatic heterocycles. The van der Waals surface area contributed by atoms with E-state index < -0.39 is 10.0 Å². The Morgan fingerprint density at radius 3 is 2.79 bits per heavy atom. The van der Waals surface area contributed by atoms with Crippen molar-refractivity contribution in [2.75, 3.05) is 18.9 Å². The zero-order valence-corrected chi connectivity index (χ0v) is 12.1. The second-order valence-electron chi connectivity index (χ2n) is 4.91.